The Labute approximate surface area is 121 Å². The molecule has 1 aliphatic heterocycles. The molecular formula is C12H16FN3O4S. The van der Waals surface area contributed by atoms with Gasteiger partial charge in [-0.2, -0.15) is 4.31 Å². The first-order valence-electron chi connectivity index (χ1n) is 6.45. The molecule has 1 saturated heterocycles. The molecule has 0 saturated carbocycles. The summed E-state index contributed by atoms with van der Waals surface area (Å²) in [6, 6.07) is 1.38. The van der Waals surface area contributed by atoms with Crippen molar-refractivity contribution in [2.24, 2.45) is 5.73 Å². The van der Waals surface area contributed by atoms with Crippen LogP contribution in [0.1, 0.15) is 18.4 Å². The van der Waals surface area contributed by atoms with Crippen molar-refractivity contribution >= 4 is 15.7 Å². The van der Waals surface area contributed by atoms with Crippen LogP contribution in [0.2, 0.25) is 0 Å². The minimum atomic E-state index is -3.99. The highest BCUT2D eigenvalue weighted by Crippen LogP contribution is 2.30. The van der Waals surface area contributed by atoms with E-state index < -0.39 is 31.3 Å². The second kappa shape index (κ2) is 5.66. The lowest BCUT2D eigenvalue weighted by molar-refractivity contribution is -0.385. The van der Waals surface area contributed by atoms with Gasteiger partial charge in [-0.25, -0.2) is 12.8 Å². The van der Waals surface area contributed by atoms with Crippen LogP contribution in [0.4, 0.5) is 10.1 Å². The monoisotopic (exact) mass is 317 g/mol. The van der Waals surface area contributed by atoms with E-state index in [4.69, 9.17) is 5.73 Å². The Bertz CT molecular complexity index is 677. The molecule has 0 amide bonds. The standard InChI is InChI=1S/C12H16FN3O4S/c1-8-11(13)5-10(6-12(8)16(17)18)21(19,20)15-4-2-3-9(15)7-14/h5-6,9H,2-4,7,14H2,1H3. The average Bonchev–Trinajstić information content (AvgIpc) is 2.90. The molecule has 7 nitrogen and oxygen atoms in total. The Balaban J connectivity index is 2.53. The van der Waals surface area contributed by atoms with Gasteiger partial charge in [0.2, 0.25) is 10.0 Å². The minimum absolute atomic E-state index is 0.162. The zero-order valence-corrected chi connectivity index (χ0v) is 12.3. The summed E-state index contributed by atoms with van der Waals surface area (Å²) in [6.07, 6.45) is 1.30. The summed E-state index contributed by atoms with van der Waals surface area (Å²) in [5.41, 5.74) is 4.81. The number of nitrogens with two attached hydrogens (primary N) is 1. The lowest BCUT2D eigenvalue weighted by Gasteiger charge is -2.22. The van der Waals surface area contributed by atoms with E-state index in [1.54, 1.807) is 0 Å². The van der Waals surface area contributed by atoms with Crippen molar-refractivity contribution in [2.45, 2.75) is 30.7 Å². The molecule has 0 aliphatic carbocycles. The van der Waals surface area contributed by atoms with Crippen LogP contribution in [-0.4, -0.2) is 36.8 Å². The van der Waals surface area contributed by atoms with Crippen LogP contribution in [0.15, 0.2) is 17.0 Å². The SMILES string of the molecule is Cc1c(F)cc(S(=O)(=O)N2CCCC2CN)cc1[N+](=O)[O-]. The predicted octanol–water partition coefficient (Wildman–Crippen LogP) is 1.15. The van der Waals surface area contributed by atoms with Crippen molar-refractivity contribution in [2.75, 3.05) is 13.1 Å². The van der Waals surface area contributed by atoms with Gasteiger partial charge in [-0.05, 0) is 25.8 Å². The summed E-state index contributed by atoms with van der Waals surface area (Å²) < 4.78 is 40.0. The maximum absolute atomic E-state index is 13.8. The van der Waals surface area contributed by atoms with Crippen LogP contribution < -0.4 is 5.73 Å². The largest absolute Gasteiger partial charge is 0.329 e. The fourth-order valence-electron chi connectivity index (χ4n) is 2.48. The highest BCUT2D eigenvalue weighted by molar-refractivity contribution is 7.89. The van der Waals surface area contributed by atoms with E-state index in [2.05, 4.69) is 0 Å². The van der Waals surface area contributed by atoms with E-state index in [0.717, 1.165) is 12.1 Å². The van der Waals surface area contributed by atoms with E-state index in [1.165, 1.54) is 11.2 Å². The van der Waals surface area contributed by atoms with E-state index in [9.17, 15) is 22.9 Å². The molecule has 1 aromatic carbocycles. The Hall–Kier alpha value is -1.58. The molecule has 2 N–H and O–H groups in total. The second-order valence-electron chi connectivity index (χ2n) is 4.95. The quantitative estimate of drug-likeness (QED) is 0.662. The molecule has 1 aliphatic rings. The molecule has 116 valence electrons. The third kappa shape index (κ3) is 2.76. The van der Waals surface area contributed by atoms with Crippen molar-refractivity contribution in [1.29, 1.82) is 0 Å². The van der Waals surface area contributed by atoms with Gasteiger partial charge in [0.15, 0.2) is 0 Å². The zero-order chi connectivity index (χ0) is 15.8. The average molecular weight is 317 g/mol. The van der Waals surface area contributed by atoms with Crippen molar-refractivity contribution in [3.05, 3.63) is 33.6 Å². The van der Waals surface area contributed by atoms with Gasteiger partial charge in [0, 0.05) is 25.2 Å². The van der Waals surface area contributed by atoms with E-state index in [-0.39, 0.29) is 24.7 Å². The molecule has 1 unspecified atom stereocenters. The normalized spacial score (nSPS) is 19.9. The fourth-order valence-corrected chi connectivity index (χ4v) is 4.21. The third-order valence-corrected chi connectivity index (χ3v) is 5.62. The van der Waals surface area contributed by atoms with Crippen molar-refractivity contribution < 1.29 is 17.7 Å². The van der Waals surface area contributed by atoms with Crippen LogP contribution >= 0.6 is 0 Å². The van der Waals surface area contributed by atoms with Crippen molar-refractivity contribution in [1.82, 2.24) is 4.31 Å². The molecule has 1 fully saturated rings. The Morgan fingerprint density at radius 2 is 2.19 bits per heavy atom. The van der Waals surface area contributed by atoms with Crippen LogP contribution in [0, 0.1) is 22.9 Å². The number of hydrogen-bond donors (Lipinski definition) is 1. The van der Waals surface area contributed by atoms with Crippen LogP contribution in [0.3, 0.4) is 0 Å². The van der Waals surface area contributed by atoms with Gasteiger partial charge < -0.3 is 5.73 Å². The molecule has 1 aromatic rings. The molecule has 0 spiro atoms. The Kier molecular flexibility index (Phi) is 4.26. The molecule has 1 atom stereocenters. The Morgan fingerprint density at radius 3 is 2.76 bits per heavy atom. The molecule has 2 rings (SSSR count). The molecular weight excluding hydrogens is 301 g/mol. The number of nitro groups is 1. The summed E-state index contributed by atoms with van der Waals surface area (Å²) in [5, 5.41) is 10.9. The van der Waals surface area contributed by atoms with Crippen LogP contribution in [0.5, 0.6) is 0 Å². The topological polar surface area (TPSA) is 107 Å². The van der Waals surface area contributed by atoms with E-state index in [0.29, 0.717) is 12.8 Å². The highest BCUT2D eigenvalue weighted by Gasteiger charge is 2.36. The number of hydrogen-bond acceptors (Lipinski definition) is 5. The van der Waals surface area contributed by atoms with Gasteiger partial charge in [0.05, 0.1) is 15.4 Å². The second-order valence-corrected chi connectivity index (χ2v) is 6.84. The number of rotatable bonds is 4. The molecule has 21 heavy (non-hydrogen) atoms. The lowest BCUT2D eigenvalue weighted by atomic mass is 10.2. The highest BCUT2D eigenvalue weighted by atomic mass is 32.2. The van der Waals surface area contributed by atoms with Gasteiger partial charge >= 0.3 is 0 Å². The van der Waals surface area contributed by atoms with E-state index in [1.807, 2.05) is 0 Å². The van der Waals surface area contributed by atoms with Gasteiger partial charge in [-0.3, -0.25) is 10.1 Å². The minimum Gasteiger partial charge on any atom is -0.329 e. The molecule has 0 aromatic heterocycles. The lowest BCUT2D eigenvalue weighted by Crippen LogP contribution is -2.39. The number of nitrogens with zero attached hydrogens (tertiary/aromatic N) is 2. The summed E-state index contributed by atoms with van der Waals surface area (Å²) in [6.45, 7) is 1.69. The Morgan fingerprint density at radius 1 is 1.52 bits per heavy atom. The van der Waals surface area contributed by atoms with E-state index >= 15 is 0 Å². The summed E-state index contributed by atoms with van der Waals surface area (Å²) in [5.74, 6) is -0.911. The van der Waals surface area contributed by atoms with Crippen molar-refractivity contribution in [3.63, 3.8) is 0 Å². The summed E-state index contributed by atoms with van der Waals surface area (Å²) in [4.78, 5) is 9.71. The maximum Gasteiger partial charge on any atom is 0.276 e. The van der Waals surface area contributed by atoms with Gasteiger partial charge in [0.1, 0.15) is 5.82 Å². The maximum atomic E-state index is 13.8. The fraction of sp³-hybridized carbons (Fsp3) is 0.500. The molecule has 0 radical (unpaired) electrons. The first-order chi connectivity index (χ1) is 9.78. The van der Waals surface area contributed by atoms with Crippen molar-refractivity contribution in [3.8, 4) is 0 Å². The number of nitro benzene ring substituents is 1. The van der Waals surface area contributed by atoms with Crippen LogP contribution in [0.25, 0.3) is 0 Å². The molecule has 0 bridgehead atoms. The number of benzene rings is 1. The molecule has 9 heteroatoms. The smallest absolute Gasteiger partial charge is 0.276 e. The molecule has 1 heterocycles. The number of sulfonamides is 1. The van der Waals surface area contributed by atoms with Gasteiger partial charge in [0.25, 0.3) is 5.69 Å². The summed E-state index contributed by atoms with van der Waals surface area (Å²) in [7, 11) is -3.99. The number of halogens is 1. The summed E-state index contributed by atoms with van der Waals surface area (Å²) >= 11 is 0. The first-order valence-corrected chi connectivity index (χ1v) is 7.89. The zero-order valence-electron chi connectivity index (χ0n) is 11.5. The van der Waals surface area contributed by atoms with Gasteiger partial charge in [-0.15, -0.1) is 0 Å². The van der Waals surface area contributed by atoms with Crippen LogP contribution in [-0.2, 0) is 10.0 Å². The third-order valence-electron chi connectivity index (χ3n) is 3.69. The first kappa shape index (κ1) is 15.8. The van der Waals surface area contributed by atoms with Gasteiger partial charge in [-0.1, -0.05) is 0 Å². The predicted molar refractivity (Wildman–Crippen MR) is 73.8 cm³/mol.